The maximum absolute atomic E-state index is 5.00. The Morgan fingerprint density at radius 2 is 2.67 bits per heavy atom. The zero-order valence-electron chi connectivity index (χ0n) is 4.86. The van der Waals surface area contributed by atoms with Gasteiger partial charge in [-0.2, -0.15) is 5.10 Å². The van der Waals surface area contributed by atoms with E-state index in [9.17, 15) is 0 Å². The maximum atomic E-state index is 5.00. The van der Waals surface area contributed by atoms with E-state index in [-0.39, 0.29) is 0 Å². The summed E-state index contributed by atoms with van der Waals surface area (Å²) < 4.78 is 1.58. The Morgan fingerprint density at radius 1 is 1.78 bits per heavy atom. The van der Waals surface area contributed by atoms with Gasteiger partial charge >= 0.3 is 0 Å². The van der Waals surface area contributed by atoms with E-state index in [0.717, 1.165) is 0 Å². The number of terminal acetylenes is 1. The summed E-state index contributed by atoms with van der Waals surface area (Å²) in [4.78, 5) is 3.73. The Hall–Kier alpha value is -1.30. The van der Waals surface area contributed by atoms with Gasteiger partial charge in [0.05, 0.1) is 6.54 Å². The van der Waals surface area contributed by atoms with Crippen molar-refractivity contribution in [1.29, 1.82) is 0 Å². The third-order valence-electron chi connectivity index (χ3n) is 0.833. The second-order valence-corrected chi connectivity index (χ2v) is 1.47. The van der Waals surface area contributed by atoms with Crippen LogP contribution in [0.1, 0.15) is 6.42 Å². The van der Waals surface area contributed by atoms with Gasteiger partial charge in [-0.25, -0.2) is 9.67 Å². The first-order chi connectivity index (χ1) is 4.43. The fourth-order valence-electron chi connectivity index (χ4n) is 0.458. The van der Waals surface area contributed by atoms with Crippen molar-refractivity contribution in [3.05, 3.63) is 19.2 Å². The molecule has 1 aromatic rings. The van der Waals surface area contributed by atoms with Gasteiger partial charge in [-0.15, -0.1) is 12.3 Å². The van der Waals surface area contributed by atoms with E-state index in [0.29, 0.717) is 6.42 Å². The average Bonchev–Trinajstić information content (AvgIpc) is 2.34. The van der Waals surface area contributed by atoms with Gasteiger partial charge in [-0.3, -0.25) is 0 Å². The van der Waals surface area contributed by atoms with Gasteiger partial charge < -0.3 is 0 Å². The summed E-state index contributed by atoms with van der Waals surface area (Å²) in [6, 6.07) is 0. The summed E-state index contributed by atoms with van der Waals surface area (Å²) in [6.45, 7) is 1.77. The van der Waals surface area contributed by atoms with Crippen LogP contribution in [0.2, 0.25) is 0 Å². The van der Waals surface area contributed by atoms with Crippen molar-refractivity contribution >= 4 is 0 Å². The molecule has 3 heteroatoms. The summed E-state index contributed by atoms with van der Waals surface area (Å²) in [5, 5.41) is 3.81. The molecular formula is C6H6N3. The molecule has 1 rings (SSSR count). The fraction of sp³-hybridized carbons (Fsp3) is 0.167. The van der Waals surface area contributed by atoms with E-state index >= 15 is 0 Å². The van der Waals surface area contributed by atoms with E-state index in [4.69, 9.17) is 6.42 Å². The van der Waals surface area contributed by atoms with Crippen LogP contribution in [0.5, 0.6) is 0 Å². The molecule has 0 amide bonds. The Morgan fingerprint density at radius 3 is 3.22 bits per heavy atom. The highest BCUT2D eigenvalue weighted by Gasteiger charge is 1.86. The topological polar surface area (TPSA) is 30.7 Å². The van der Waals surface area contributed by atoms with Gasteiger partial charge in [0.15, 0.2) is 0 Å². The van der Waals surface area contributed by atoms with Crippen LogP contribution in [-0.4, -0.2) is 14.8 Å². The molecule has 3 nitrogen and oxygen atoms in total. The van der Waals surface area contributed by atoms with Crippen LogP contribution < -0.4 is 0 Å². The van der Waals surface area contributed by atoms with E-state index in [2.05, 4.69) is 16.0 Å². The molecule has 1 radical (unpaired) electrons. The highest BCUT2D eigenvalue weighted by atomic mass is 15.3. The number of hydrogen-bond acceptors (Lipinski definition) is 2. The molecule has 0 saturated heterocycles. The lowest BCUT2D eigenvalue weighted by atomic mass is 10.4. The third kappa shape index (κ3) is 1.57. The van der Waals surface area contributed by atoms with E-state index in [1.807, 2.05) is 0 Å². The molecule has 0 aromatic carbocycles. The second-order valence-electron chi connectivity index (χ2n) is 1.47. The molecule has 9 heavy (non-hydrogen) atoms. The summed E-state index contributed by atoms with van der Waals surface area (Å²) in [5.41, 5.74) is 0. The molecule has 45 valence electrons. The monoisotopic (exact) mass is 120 g/mol. The lowest BCUT2D eigenvalue weighted by Crippen LogP contribution is -1.92. The summed E-state index contributed by atoms with van der Waals surface area (Å²) >= 11 is 0. The number of rotatable bonds is 2. The normalized spacial score (nSPS) is 8.78. The van der Waals surface area contributed by atoms with Crippen molar-refractivity contribution < 1.29 is 0 Å². The van der Waals surface area contributed by atoms with Crippen LogP contribution in [0.25, 0.3) is 0 Å². The van der Waals surface area contributed by atoms with Crippen LogP contribution in [0.15, 0.2) is 12.7 Å². The zero-order valence-corrected chi connectivity index (χ0v) is 4.86. The van der Waals surface area contributed by atoms with Crippen molar-refractivity contribution in [3.63, 3.8) is 0 Å². The van der Waals surface area contributed by atoms with Crippen LogP contribution in [0, 0.1) is 18.9 Å². The first-order valence-corrected chi connectivity index (χ1v) is 2.54. The Bertz CT molecular complexity index is 195. The van der Waals surface area contributed by atoms with Gasteiger partial charge in [0, 0.05) is 6.42 Å². The second kappa shape index (κ2) is 2.88. The predicted octanol–water partition coefficient (Wildman–Crippen LogP) is 0.311. The molecule has 0 bridgehead atoms. The van der Waals surface area contributed by atoms with Gasteiger partial charge in [0.25, 0.3) is 0 Å². The Kier molecular flexibility index (Phi) is 1.86. The molecule has 0 unspecified atom stereocenters. The van der Waals surface area contributed by atoms with Gasteiger partial charge in [0.1, 0.15) is 12.7 Å². The third-order valence-corrected chi connectivity index (χ3v) is 0.833. The quantitative estimate of drug-likeness (QED) is 0.526. The van der Waals surface area contributed by atoms with Gasteiger partial charge in [-0.1, -0.05) is 0 Å². The van der Waals surface area contributed by atoms with Crippen molar-refractivity contribution in [2.45, 2.75) is 6.42 Å². The molecule has 0 aliphatic carbocycles. The summed E-state index contributed by atoms with van der Waals surface area (Å²) in [7, 11) is 0. The number of hydrogen-bond donors (Lipinski definition) is 0. The maximum Gasteiger partial charge on any atom is 0.137 e. The minimum Gasteiger partial charge on any atom is -0.247 e. The smallest absolute Gasteiger partial charge is 0.137 e. The molecule has 0 saturated carbocycles. The summed E-state index contributed by atoms with van der Waals surface area (Å²) in [6.07, 6.45) is 8.65. The lowest BCUT2D eigenvalue weighted by Gasteiger charge is -1.89. The molecular weight excluding hydrogens is 114 g/mol. The molecule has 0 atom stereocenters. The average molecular weight is 120 g/mol. The van der Waals surface area contributed by atoms with Crippen molar-refractivity contribution in [3.8, 4) is 12.3 Å². The van der Waals surface area contributed by atoms with Gasteiger partial charge in [0.2, 0.25) is 0 Å². The van der Waals surface area contributed by atoms with Crippen LogP contribution in [0.3, 0.4) is 0 Å². The van der Waals surface area contributed by atoms with Gasteiger partial charge in [-0.05, 0) is 0 Å². The van der Waals surface area contributed by atoms with Crippen LogP contribution >= 0.6 is 0 Å². The number of nitrogens with zero attached hydrogens (tertiary/aromatic N) is 3. The summed E-state index contributed by atoms with van der Waals surface area (Å²) in [5.74, 6) is 2.46. The largest absolute Gasteiger partial charge is 0.247 e. The molecule has 1 aromatic heterocycles. The lowest BCUT2D eigenvalue weighted by molar-refractivity contribution is 0.785. The van der Waals surface area contributed by atoms with Crippen molar-refractivity contribution in [2.24, 2.45) is 0 Å². The standard InChI is InChI=1S/C6H6N3/c1-2-3-4-9-6-7-5-8-9/h1,4-6H,3H2. The molecule has 1 heterocycles. The van der Waals surface area contributed by atoms with Crippen LogP contribution in [-0.2, 0) is 0 Å². The molecule has 0 spiro atoms. The van der Waals surface area contributed by atoms with Crippen molar-refractivity contribution in [2.75, 3.05) is 0 Å². The first-order valence-electron chi connectivity index (χ1n) is 2.54. The SMILES string of the molecule is C#CC[CH]n1cncn1. The Labute approximate surface area is 53.7 Å². The van der Waals surface area contributed by atoms with E-state index in [1.165, 1.54) is 6.33 Å². The zero-order chi connectivity index (χ0) is 6.53. The molecule has 0 aliphatic rings. The highest BCUT2D eigenvalue weighted by Crippen LogP contribution is 1.86. The predicted molar refractivity (Wildman–Crippen MR) is 33.2 cm³/mol. The minimum atomic E-state index is 0.587. The minimum absolute atomic E-state index is 0.587. The molecule has 0 aliphatic heterocycles. The highest BCUT2D eigenvalue weighted by molar-refractivity contribution is 4.90. The number of aromatic nitrogens is 3. The fourth-order valence-corrected chi connectivity index (χ4v) is 0.458. The first kappa shape index (κ1) is 5.83. The molecule has 0 N–H and O–H groups in total. The Balaban J connectivity index is 2.41. The van der Waals surface area contributed by atoms with Crippen molar-refractivity contribution in [1.82, 2.24) is 14.8 Å². The molecule has 0 fully saturated rings. The van der Waals surface area contributed by atoms with Crippen LogP contribution in [0.4, 0.5) is 0 Å². The van der Waals surface area contributed by atoms with E-state index < -0.39 is 0 Å². The van der Waals surface area contributed by atoms with E-state index in [1.54, 1.807) is 17.6 Å².